The third-order valence-electron chi connectivity index (χ3n) is 3.32. The van der Waals surface area contributed by atoms with Crippen LogP contribution in [0.25, 0.3) is 0 Å². The molecular formula is C17H22N2O2. The maximum Gasteiger partial charge on any atom is 0.161 e. The average molecular weight is 286 g/mol. The van der Waals surface area contributed by atoms with Crippen molar-refractivity contribution in [3.63, 3.8) is 0 Å². The van der Waals surface area contributed by atoms with Crippen LogP contribution in [0.4, 0.5) is 0 Å². The second-order valence-electron chi connectivity index (χ2n) is 4.76. The van der Waals surface area contributed by atoms with E-state index in [0.29, 0.717) is 0 Å². The SMILES string of the molecule is CCCNC(c1ccc(OC)c(OC)c1)c1ccccn1. The molecule has 1 aromatic carbocycles. The molecule has 0 aliphatic rings. The molecular weight excluding hydrogens is 264 g/mol. The molecule has 0 saturated heterocycles. The van der Waals surface area contributed by atoms with Gasteiger partial charge in [0, 0.05) is 6.20 Å². The van der Waals surface area contributed by atoms with Gasteiger partial charge in [-0.3, -0.25) is 4.98 Å². The zero-order valence-corrected chi connectivity index (χ0v) is 12.8. The molecule has 0 bridgehead atoms. The van der Waals surface area contributed by atoms with Crippen LogP contribution in [0.3, 0.4) is 0 Å². The third-order valence-corrected chi connectivity index (χ3v) is 3.32. The summed E-state index contributed by atoms with van der Waals surface area (Å²) < 4.78 is 10.7. The summed E-state index contributed by atoms with van der Waals surface area (Å²) in [6.45, 7) is 3.08. The fourth-order valence-electron chi connectivity index (χ4n) is 2.26. The first-order valence-electron chi connectivity index (χ1n) is 7.16. The Morgan fingerprint density at radius 1 is 1.10 bits per heavy atom. The summed E-state index contributed by atoms with van der Waals surface area (Å²) in [5.41, 5.74) is 2.11. The summed E-state index contributed by atoms with van der Waals surface area (Å²) in [4.78, 5) is 4.47. The molecule has 4 heteroatoms. The Hall–Kier alpha value is -2.07. The molecule has 1 N–H and O–H groups in total. The summed E-state index contributed by atoms with van der Waals surface area (Å²) in [6.07, 6.45) is 2.88. The molecule has 1 unspecified atom stereocenters. The van der Waals surface area contributed by atoms with E-state index in [0.717, 1.165) is 35.7 Å². The predicted molar refractivity (Wildman–Crippen MR) is 83.9 cm³/mol. The smallest absolute Gasteiger partial charge is 0.161 e. The van der Waals surface area contributed by atoms with Gasteiger partial charge in [0.2, 0.25) is 0 Å². The van der Waals surface area contributed by atoms with E-state index in [2.05, 4.69) is 17.2 Å². The second-order valence-corrected chi connectivity index (χ2v) is 4.76. The van der Waals surface area contributed by atoms with E-state index in [4.69, 9.17) is 9.47 Å². The van der Waals surface area contributed by atoms with Crippen LogP contribution in [-0.4, -0.2) is 25.7 Å². The average Bonchev–Trinajstić information content (AvgIpc) is 2.56. The van der Waals surface area contributed by atoms with Crippen LogP contribution < -0.4 is 14.8 Å². The van der Waals surface area contributed by atoms with Gasteiger partial charge in [0.1, 0.15) is 0 Å². The van der Waals surface area contributed by atoms with Crippen LogP contribution in [0.2, 0.25) is 0 Å². The highest BCUT2D eigenvalue weighted by atomic mass is 16.5. The molecule has 0 radical (unpaired) electrons. The maximum absolute atomic E-state index is 5.39. The van der Waals surface area contributed by atoms with Gasteiger partial charge in [0.15, 0.2) is 11.5 Å². The lowest BCUT2D eigenvalue weighted by molar-refractivity contribution is 0.354. The highest BCUT2D eigenvalue weighted by molar-refractivity contribution is 5.45. The minimum Gasteiger partial charge on any atom is -0.493 e. The normalized spacial score (nSPS) is 12.0. The zero-order chi connectivity index (χ0) is 15.1. The lowest BCUT2D eigenvalue weighted by atomic mass is 10.0. The van der Waals surface area contributed by atoms with E-state index in [1.54, 1.807) is 14.2 Å². The van der Waals surface area contributed by atoms with Gasteiger partial charge in [0.25, 0.3) is 0 Å². The van der Waals surface area contributed by atoms with Crippen LogP contribution in [0.1, 0.15) is 30.6 Å². The molecule has 21 heavy (non-hydrogen) atoms. The van der Waals surface area contributed by atoms with Crippen LogP contribution in [0.15, 0.2) is 42.6 Å². The van der Waals surface area contributed by atoms with Crippen molar-refractivity contribution in [3.05, 3.63) is 53.9 Å². The van der Waals surface area contributed by atoms with Crippen LogP contribution in [0, 0.1) is 0 Å². The fraction of sp³-hybridized carbons (Fsp3) is 0.353. The molecule has 1 heterocycles. The van der Waals surface area contributed by atoms with Crippen molar-refractivity contribution in [2.24, 2.45) is 0 Å². The van der Waals surface area contributed by atoms with Crippen molar-refractivity contribution < 1.29 is 9.47 Å². The van der Waals surface area contributed by atoms with Gasteiger partial charge >= 0.3 is 0 Å². The monoisotopic (exact) mass is 286 g/mol. The largest absolute Gasteiger partial charge is 0.493 e. The Bertz CT molecular complexity index is 558. The van der Waals surface area contributed by atoms with E-state index in [1.807, 2.05) is 42.6 Å². The number of nitrogens with one attached hydrogen (secondary N) is 1. The molecule has 0 fully saturated rings. The van der Waals surface area contributed by atoms with Crippen LogP contribution in [-0.2, 0) is 0 Å². The number of aromatic nitrogens is 1. The number of rotatable bonds is 7. The topological polar surface area (TPSA) is 43.4 Å². The molecule has 2 aromatic rings. The molecule has 1 atom stereocenters. The Balaban J connectivity index is 2.36. The Morgan fingerprint density at radius 3 is 2.52 bits per heavy atom. The Kier molecular flexibility index (Phi) is 5.58. The third kappa shape index (κ3) is 3.73. The molecule has 0 amide bonds. The van der Waals surface area contributed by atoms with Crippen LogP contribution >= 0.6 is 0 Å². The van der Waals surface area contributed by atoms with Crippen molar-refractivity contribution in [2.75, 3.05) is 20.8 Å². The van der Waals surface area contributed by atoms with Gasteiger partial charge in [-0.1, -0.05) is 19.1 Å². The van der Waals surface area contributed by atoms with Gasteiger partial charge < -0.3 is 14.8 Å². The molecule has 0 aliphatic heterocycles. The summed E-state index contributed by atoms with van der Waals surface area (Å²) in [5.74, 6) is 1.46. The molecule has 4 nitrogen and oxygen atoms in total. The fourth-order valence-corrected chi connectivity index (χ4v) is 2.26. The predicted octanol–water partition coefficient (Wildman–Crippen LogP) is 3.19. The first-order valence-corrected chi connectivity index (χ1v) is 7.16. The van der Waals surface area contributed by atoms with Crippen molar-refractivity contribution >= 4 is 0 Å². The van der Waals surface area contributed by atoms with E-state index in [1.165, 1.54) is 0 Å². The highest BCUT2D eigenvalue weighted by Gasteiger charge is 2.16. The first-order chi connectivity index (χ1) is 10.3. The van der Waals surface area contributed by atoms with Gasteiger partial charge in [-0.05, 0) is 42.8 Å². The number of nitrogens with zero attached hydrogens (tertiary/aromatic N) is 1. The number of benzene rings is 1. The minimum absolute atomic E-state index is 0.0472. The Morgan fingerprint density at radius 2 is 1.90 bits per heavy atom. The summed E-state index contributed by atoms with van der Waals surface area (Å²) in [7, 11) is 3.29. The van der Waals surface area contributed by atoms with E-state index < -0.39 is 0 Å². The lowest BCUT2D eigenvalue weighted by Crippen LogP contribution is -2.24. The van der Waals surface area contributed by atoms with Crippen LogP contribution in [0.5, 0.6) is 11.5 Å². The molecule has 0 aliphatic carbocycles. The first kappa shape index (κ1) is 15.3. The number of hydrogen-bond donors (Lipinski definition) is 1. The van der Waals surface area contributed by atoms with Gasteiger partial charge in [-0.25, -0.2) is 0 Å². The lowest BCUT2D eigenvalue weighted by Gasteiger charge is -2.20. The number of ether oxygens (including phenoxy) is 2. The molecule has 2 rings (SSSR count). The van der Waals surface area contributed by atoms with E-state index >= 15 is 0 Å². The van der Waals surface area contributed by atoms with E-state index in [-0.39, 0.29) is 6.04 Å². The Labute approximate surface area is 126 Å². The molecule has 0 spiro atoms. The maximum atomic E-state index is 5.39. The number of pyridine rings is 1. The van der Waals surface area contributed by atoms with Crippen molar-refractivity contribution in [2.45, 2.75) is 19.4 Å². The van der Waals surface area contributed by atoms with Crippen molar-refractivity contribution in [1.82, 2.24) is 10.3 Å². The van der Waals surface area contributed by atoms with Gasteiger partial charge in [0.05, 0.1) is 26.0 Å². The summed E-state index contributed by atoms with van der Waals surface area (Å²) in [5, 5.41) is 3.53. The standard InChI is InChI=1S/C17H22N2O2/c1-4-10-19-17(14-7-5-6-11-18-14)13-8-9-15(20-2)16(12-13)21-3/h5-9,11-12,17,19H,4,10H2,1-3H3. The number of hydrogen-bond acceptors (Lipinski definition) is 4. The van der Waals surface area contributed by atoms with E-state index in [9.17, 15) is 0 Å². The molecule has 0 saturated carbocycles. The second kappa shape index (κ2) is 7.64. The minimum atomic E-state index is 0.0472. The van der Waals surface area contributed by atoms with Gasteiger partial charge in [-0.2, -0.15) is 0 Å². The summed E-state index contributed by atoms with van der Waals surface area (Å²) >= 11 is 0. The van der Waals surface area contributed by atoms with Gasteiger partial charge in [-0.15, -0.1) is 0 Å². The molecule has 112 valence electrons. The summed E-state index contributed by atoms with van der Waals surface area (Å²) in [6, 6.07) is 12.0. The van der Waals surface area contributed by atoms with Crippen molar-refractivity contribution in [1.29, 1.82) is 0 Å². The molecule has 1 aromatic heterocycles. The highest BCUT2D eigenvalue weighted by Crippen LogP contribution is 2.31. The number of methoxy groups -OCH3 is 2. The zero-order valence-electron chi connectivity index (χ0n) is 12.8. The quantitative estimate of drug-likeness (QED) is 0.849. The van der Waals surface area contributed by atoms with Crippen molar-refractivity contribution in [3.8, 4) is 11.5 Å².